The maximum Gasteiger partial charge on any atom is 0.267 e. The van der Waals surface area contributed by atoms with Gasteiger partial charge >= 0.3 is 0 Å². The molecule has 0 radical (unpaired) electrons. The van der Waals surface area contributed by atoms with E-state index in [9.17, 15) is 22.9 Å². The molecule has 0 aliphatic rings. The fraction of sp³-hybridized carbons (Fsp3) is 0.886. The number of nitrogens with one attached hydrogen (secondary N) is 1. The van der Waals surface area contributed by atoms with Crippen LogP contribution in [0.3, 0.4) is 0 Å². The third kappa shape index (κ3) is 39.9. The maximum absolute atomic E-state index is 12.5. The Morgan fingerprint density at radius 3 is 1.18 bits per heavy atom. The molecule has 0 aromatic carbocycles. The van der Waals surface area contributed by atoms with Gasteiger partial charge < -0.3 is 10.4 Å². The van der Waals surface area contributed by atoms with Crippen LogP contribution in [0.1, 0.15) is 232 Å². The molecule has 0 heterocycles. The van der Waals surface area contributed by atoms with Crippen molar-refractivity contribution in [3.05, 3.63) is 24.3 Å². The average Bonchev–Trinajstić information content (AvgIpc) is 3.09. The van der Waals surface area contributed by atoms with Crippen LogP contribution in [-0.4, -0.2) is 41.9 Å². The predicted octanol–water partition coefficient (Wildman–Crippen LogP) is 13.1. The van der Waals surface area contributed by atoms with Gasteiger partial charge in [-0.25, -0.2) is 0 Å². The summed E-state index contributed by atoms with van der Waals surface area (Å²) in [6.07, 6.45) is 48.8. The van der Waals surface area contributed by atoms with Crippen molar-refractivity contribution in [3.63, 3.8) is 0 Å². The summed E-state index contributed by atoms with van der Waals surface area (Å²) in [5, 5.41) is 13.3. The van der Waals surface area contributed by atoms with Gasteiger partial charge in [0.1, 0.15) is 0 Å². The quantitative estimate of drug-likeness (QED) is 0.0330. The molecule has 0 spiro atoms. The number of carbonyl (C=O) groups excluding carboxylic acids is 1. The number of amides is 1. The van der Waals surface area contributed by atoms with Gasteiger partial charge in [0.05, 0.1) is 17.9 Å². The summed E-state index contributed by atoms with van der Waals surface area (Å²) >= 11 is 0. The van der Waals surface area contributed by atoms with Gasteiger partial charge in [0.15, 0.2) is 0 Å². The van der Waals surface area contributed by atoms with Crippen LogP contribution in [0.25, 0.3) is 0 Å². The molecule has 2 unspecified atom stereocenters. The molecule has 2 atom stereocenters. The van der Waals surface area contributed by atoms with E-state index in [4.69, 9.17) is 0 Å². The molecule has 3 N–H and O–H groups in total. The summed E-state index contributed by atoms with van der Waals surface area (Å²) in [5.41, 5.74) is 0. The van der Waals surface area contributed by atoms with E-state index in [2.05, 4.69) is 31.3 Å². The molecule has 0 saturated heterocycles. The monoisotopic (exact) mass is 740 g/mol. The number of aliphatic hydroxyl groups is 1. The zero-order chi connectivity index (χ0) is 37.5. The van der Waals surface area contributed by atoms with Crippen LogP contribution in [0.5, 0.6) is 0 Å². The summed E-state index contributed by atoms with van der Waals surface area (Å²) in [5.74, 6) is -0.977. The second kappa shape index (κ2) is 38.5. The van der Waals surface area contributed by atoms with Gasteiger partial charge in [0.25, 0.3) is 10.1 Å². The highest BCUT2D eigenvalue weighted by atomic mass is 32.2. The van der Waals surface area contributed by atoms with Crippen molar-refractivity contribution < 1.29 is 22.9 Å². The smallest absolute Gasteiger partial charge is 0.267 e. The standard InChI is InChI=1S/C44H85NO5S/c1-3-5-7-9-11-13-15-17-19-21-23-25-27-29-31-33-35-37-39-43(46)42(41-51(48,49)50)45-44(47)40-38-36-34-32-30-28-26-24-22-20-18-16-14-12-10-8-6-4-2/h20,22,37,39,42-43,46H,3-19,21,23-36,38,40-41H2,1-2H3,(H,45,47)(H,48,49,50)/b22-20-,39-37+. The van der Waals surface area contributed by atoms with Gasteiger partial charge in [-0.15, -0.1) is 0 Å². The van der Waals surface area contributed by atoms with Crippen molar-refractivity contribution >= 4 is 16.0 Å². The summed E-state index contributed by atoms with van der Waals surface area (Å²) in [6, 6.07) is -1.06. The van der Waals surface area contributed by atoms with Crippen molar-refractivity contribution in [2.45, 2.75) is 244 Å². The third-order valence-corrected chi connectivity index (χ3v) is 10.9. The van der Waals surface area contributed by atoms with Gasteiger partial charge in [-0.1, -0.05) is 205 Å². The third-order valence-electron chi connectivity index (χ3n) is 10.1. The number of hydrogen-bond acceptors (Lipinski definition) is 4. The first kappa shape index (κ1) is 49.8. The molecular formula is C44H85NO5S. The second-order valence-corrected chi connectivity index (χ2v) is 16.8. The highest BCUT2D eigenvalue weighted by Gasteiger charge is 2.24. The van der Waals surface area contributed by atoms with E-state index < -0.39 is 28.0 Å². The molecule has 6 nitrogen and oxygen atoms in total. The molecular weight excluding hydrogens is 655 g/mol. The fourth-order valence-corrected chi connectivity index (χ4v) is 7.53. The van der Waals surface area contributed by atoms with E-state index in [1.165, 1.54) is 167 Å². The number of aliphatic hydroxyl groups excluding tert-OH is 1. The van der Waals surface area contributed by atoms with Crippen LogP contribution in [0, 0.1) is 0 Å². The number of unbranched alkanes of at least 4 members (excludes halogenated alkanes) is 30. The van der Waals surface area contributed by atoms with E-state index in [0.717, 1.165) is 44.9 Å². The first-order chi connectivity index (χ1) is 24.8. The van der Waals surface area contributed by atoms with Gasteiger partial charge in [0, 0.05) is 6.42 Å². The van der Waals surface area contributed by atoms with Crippen molar-refractivity contribution in [3.8, 4) is 0 Å². The lowest BCUT2D eigenvalue weighted by molar-refractivity contribution is -0.122. The van der Waals surface area contributed by atoms with E-state index in [1.807, 2.05) is 6.08 Å². The van der Waals surface area contributed by atoms with Crippen molar-refractivity contribution in [1.29, 1.82) is 0 Å². The van der Waals surface area contributed by atoms with Gasteiger partial charge in [-0.2, -0.15) is 8.42 Å². The Kier molecular flexibility index (Phi) is 37.6. The van der Waals surface area contributed by atoms with E-state index in [-0.39, 0.29) is 5.91 Å². The summed E-state index contributed by atoms with van der Waals surface area (Å²) in [7, 11) is -4.34. The van der Waals surface area contributed by atoms with Gasteiger partial charge in [-0.3, -0.25) is 9.35 Å². The van der Waals surface area contributed by atoms with Crippen LogP contribution in [-0.2, 0) is 14.9 Å². The summed E-state index contributed by atoms with van der Waals surface area (Å²) in [6.45, 7) is 4.53. The number of rotatable bonds is 40. The van der Waals surface area contributed by atoms with Crippen molar-refractivity contribution in [2.75, 3.05) is 5.75 Å². The molecule has 0 bridgehead atoms. The minimum absolute atomic E-state index is 0.280. The first-order valence-electron chi connectivity index (χ1n) is 22.0. The second-order valence-electron chi connectivity index (χ2n) is 15.3. The van der Waals surface area contributed by atoms with Crippen LogP contribution in [0.2, 0.25) is 0 Å². The molecule has 0 aliphatic heterocycles. The van der Waals surface area contributed by atoms with E-state index >= 15 is 0 Å². The first-order valence-corrected chi connectivity index (χ1v) is 23.6. The fourth-order valence-electron chi connectivity index (χ4n) is 6.80. The topological polar surface area (TPSA) is 104 Å². The lowest BCUT2D eigenvalue weighted by Crippen LogP contribution is -2.46. The predicted molar refractivity (Wildman–Crippen MR) is 221 cm³/mol. The molecule has 0 aromatic rings. The van der Waals surface area contributed by atoms with Crippen LogP contribution >= 0.6 is 0 Å². The number of hydrogen-bond donors (Lipinski definition) is 3. The molecule has 51 heavy (non-hydrogen) atoms. The molecule has 1 amide bonds. The Balaban J connectivity index is 3.88. The maximum atomic E-state index is 12.5. The Morgan fingerprint density at radius 2 is 0.824 bits per heavy atom. The molecule has 0 aromatic heterocycles. The highest BCUT2D eigenvalue weighted by Crippen LogP contribution is 2.15. The normalized spacial score (nSPS) is 13.4. The van der Waals surface area contributed by atoms with Gasteiger partial charge in [-0.05, 0) is 44.9 Å². The lowest BCUT2D eigenvalue weighted by Gasteiger charge is -2.21. The Labute approximate surface area is 317 Å². The molecule has 7 heteroatoms. The zero-order valence-corrected chi connectivity index (χ0v) is 34.6. The largest absolute Gasteiger partial charge is 0.387 e. The summed E-state index contributed by atoms with van der Waals surface area (Å²) < 4.78 is 32.5. The van der Waals surface area contributed by atoms with Crippen molar-refractivity contribution in [2.24, 2.45) is 0 Å². The number of allylic oxidation sites excluding steroid dienone is 3. The zero-order valence-electron chi connectivity index (χ0n) is 33.7. The van der Waals surface area contributed by atoms with Crippen LogP contribution in [0.15, 0.2) is 24.3 Å². The van der Waals surface area contributed by atoms with Crippen LogP contribution in [0.4, 0.5) is 0 Å². The molecule has 0 aliphatic carbocycles. The molecule has 0 fully saturated rings. The highest BCUT2D eigenvalue weighted by molar-refractivity contribution is 7.85. The van der Waals surface area contributed by atoms with Gasteiger partial charge in [0.2, 0.25) is 5.91 Å². The Morgan fingerprint density at radius 1 is 0.510 bits per heavy atom. The molecule has 0 saturated carbocycles. The van der Waals surface area contributed by atoms with Crippen LogP contribution < -0.4 is 5.32 Å². The van der Waals surface area contributed by atoms with Crippen molar-refractivity contribution in [1.82, 2.24) is 5.32 Å². The average molecular weight is 740 g/mol. The Hall–Kier alpha value is -1.18. The van der Waals surface area contributed by atoms with E-state index in [1.54, 1.807) is 6.08 Å². The summed E-state index contributed by atoms with van der Waals surface area (Å²) in [4.78, 5) is 12.5. The molecule has 0 rings (SSSR count). The minimum Gasteiger partial charge on any atom is -0.387 e. The number of carbonyl (C=O) groups is 1. The SMILES string of the molecule is CCCCCCCCC/C=C\CCCCCCCCCC(=O)NC(CS(=O)(=O)O)C(O)/C=C/CCCCCCCCCCCCCCCCCC. The Bertz CT molecular complexity index is 903. The molecule has 302 valence electrons. The van der Waals surface area contributed by atoms with E-state index in [0.29, 0.717) is 6.42 Å². The lowest BCUT2D eigenvalue weighted by atomic mass is 10.0. The minimum atomic E-state index is -4.34.